The molecule has 1 unspecified atom stereocenters. The van der Waals surface area contributed by atoms with Gasteiger partial charge < -0.3 is 5.11 Å². The number of nitrogens with one attached hydrogen (secondary N) is 1. The van der Waals surface area contributed by atoms with Crippen LogP contribution < -0.4 is 4.72 Å². The Morgan fingerprint density at radius 3 is 2.43 bits per heavy atom. The maximum absolute atomic E-state index is 12.8. The molecule has 0 aliphatic rings. The first-order valence-electron chi connectivity index (χ1n) is 6.82. The van der Waals surface area contributed by atoms with Crippen LogP contribution in [0.3, 0.4) is 0 Å². The summed E-state index contributed by atoms with van der Waals surface area (Å²) in [6.07, 6.45) is 1.99. The summed E-state index contributed by atoms with van der Waals surface area (Å²) in [6.45, 7) is 2.18. The van der Waals surface area contributed by atoms with Crippen LogP contribution >= 0.6 is 0 Å². The summed E-state index contributed by atoms with van der Waals surface area (Å²) >= 11 is 0. The van der Waals surface area contributed by atoms with Gasteiger partial charge in [0.15, 0.2) is 0 Å². The largest absolute Gasteiger partial charge is 0.481 e. The van der Waals surface area contributed by atoms with Crippen LogP contribution in [-0.2, 0) is 14.8 Å². The summed E-state index contributed by atoms with van der Waals surface area (Å²) in [7, 11) is -3.65. The third-order valence-corrected chi connectivity index (χ3v) is 4.79. The molecule has 5 nitrogen and oxygen atoms in total. The quantitative estimate of drug-likeness (QED) is 0.732. The van der Waals surface area contributed by atoms with E-state index >= 15 is 0 Å². The van der Waals surface area contributed by atoms with Gasteiger partial charge in [-0.3, -0.25) is 4.79 Å². The van der Waals surface area contributed by atoms with E-state index in [9.17, 15) is 17.6 Å². The van der Waals surface area contributed by atoms with Crippen LogP contribution in [0.1, 0.15) is 32.6 Å². The van der Waals surface area contributed by atoms with E-state index in [1.54, 1.807) is 0 Å². The number of rotatable bonds is 9. The fourth-order valence-electron chi connectivity index (χ4n) is 1.97. The minimum Gasteiger partial charge on any atom is -0.481 e. The molecule has 0 bridgehead atoms. The highest BCUT2D eigenvalue weighted by Gasteiger charge is 2.15. The lowest BCUT2D eigenvalue weighted by molar-refractivity contribution is -0.137. The van der Waals surface area contributed by atoms with Crippen LogP contribution in [0.15, 0.2) is 29.2 Å². The first-order valence-corrected chi connectivity index (χ1v) is 8.30. The summed E-state index contributed by atoms with van der Waals surface area (Å²) in [5.74, 6) is -1.17. The van der Waals surface area contributed by atoms with Crippen LogP contribution in [0.4, 0.5) is 4.39 Å². The van der Waals surface area contributed by atoms with Crippen molar-refractivity contribution in [2.75, 3.05) is 6.54 Å². The van der Waals surface area contributed by atoms with E-state index < -0.39 is 21.8 Å². The lowest BCUT2D eigenvalue weighted by Crippen LogP contribution is -2.26. The number of benzene rings is 1. The Morgan fingerprint density at radius 2 is 1.90 bits per heavy atom. The van der Waals surface area contributed by atoms with Gasteiger partial charge in [0.05, 0.1) is 4.90 Å². The maximum Gasteiger partial charge on any atom is 0.303 e. The van der Waals surface area contributed by atoms with Crippen molar-refractivity contribution in [1.29, 1.82) is 0 Å². The predicted molar refractivity (Wildman–Crippen MR) is 76.9 cm³/mol. The van der Waals surface area contributed by atoms with Gasteiger partial charge in [0.25, 0.3) is 0 Å². The molecule has 0 spiro atoms. The highest BCUT2D eigenvalue weighted by Crippen LogP contribution is 2.15. The molecule has 7 heteroatoms. The van der Waals surface area contributed by atoms with E-state index in [0.717, 1.165) is 18.6 Å². The smallest absolute Gasteiger partial charge is 0.303 e. The molecule has 0 aliphatic heterocycles. The molecule has 0 saturated heterocycles. The van der Waals surface area contributed by atoms with Gasteiger partial charge in [0.2, 0.25) is 10.0 Å². The molecule has 21 heavy (non-hydrogen) atoms. The third kappa shape index (κ3) is 6.22. The van der Waals surface area contributed by atoms with E-state index in [0.29, 0.717) is 12.8 Å². The topological polar surface area (TPSA) is 83.5 Å². The van der Waals surface area contributed by atoms with Crippen molar-refractivity contribution in [3.05, 3.63) is 30.1 Å². The van der Waals surface area contributed by atoms with E-state index in [2.05, 4.69) is 4.72 Å². The average molecular weight is 317 g/mol. The second-order valence-electron chi connectivity index (χ2n) is 4.85. The van der Waals surface area contributed by atoms with Crippen LogP contribution in [-0.4, -0.2) is 26.0 Å². The molecular weight excluding hydrogens is 297 g/mol. The molecule has 0 saturated carbocycles. The minimum absolute atomic E-state index is 0.0162. The van der Waals surface area contributed by atoms with E-state index in [4.69, 9.17) is 5.11 Å². The monoisotopic (exact) mass is 317 g/mol. The zero-order chi connectivity index (χ0) is 15.9. The van der Waals surface area contributed by atoms with Crippen molar-refractivity contribution in [1.82, 2.24) is 4.72 Å². The van der Waals surface area contributed by atoms with E-state index in [-0.39, 0.29) is 23.8 Å². The van der Waals surface area contributed by atoms with Gasteiger partial charge in [0.1, 0.15) is 5.82 Å². The number of carboxylic acid groups (broad SMARTS) is 1. The van der Waals surface area contributed by atoms with Crippen molar-refractivity contribution >= 4 is 16.0 Å². The van der Waals surface area contributed by atoms with Crippen LogP contribution in [0.2, 0.25) is 0 Å². The van der Waals surface area contributed by atoms with Crippen LogP contribution in [0.25, 0.3) is 0 Å². The number of sulfonamides is 1. The molecule has 1 aromatic rings. The molecule has 1 atom stereocenters. The molecule has 1 rings (SSSR count). The molecule has 2 N–H and O–H groups in total. The Morgan fingerprint density at radius 1 is 1.29 bits per heavy atom. The summed E-state index contributed by atoms with van der Waals surface area (Å²) in [5.41, 5.74) is 0. The first kappa shape index (κ1) is 17.6. The van der Waals surface area contributed by atoms with Gasteiger partial charge >= 0.3 is 5.97 Å². The summed E-state index contributed by atoms with van der Waals surface area (Å²) in [5, 5.41) is 8.64. The number of hydrogen-bond donors (Lipinski definition) is 2. The first-order chi connectivity index (χ1) is 9.85. The van der Waals surface area contributed by atoms with Gasteiger partial charge in [0, 0.05) is 13.0 Å². The number of halogens is 1. The van der Waals surface area contributed by atoms with Crippen LogP contribution in [0.5, 0.6) is 0 Å². The molecule has 1 aromatic carbocycles. The van der Waals surface area contributed by atoms with Gasteiger partial charge in [-0.05, 0) is 43.0 Å². The Kier molecular flexibility index (Phi) is 6.77. The highest BCUT2D eigenvalue weighted by molar-refractivity contribution is 7.89. The summed E-state index contributed by atoms with van der Waals surface area (Å²) in [6, 6.07) is 4.60. The Hall–Kier alpha value is -1.47. The Labute approximate surface area is 124 Å². The number of carboxylic acids is 1. The zero-order valence-electron chi connectivity index (χ0n) is 11.9. The molecular formula is C14H20FNO4S. The van der Waals surface area contributed by atoms with Crippen molar-refractivity contribution in [2.24, 2.45) is 5.92 Å². The van der Waals surface area contributed by atoms with Crippen molar-refractivity contribution < 1.29 is 22.7 Å². The normalized spacial score (nSPS) is 13.0. The Balaban J connectivity index is 2.49. The fraction of sp³-hybridized carbons (Fsp3) is 0.500. The molecule has 118 valence electrons. The minimum atomic E-state index is -3.65. The van der Waals surface area contributed by atoms with Gasteiger partial charge in [-0.15, -0.1) is 0 Å². The van der Waals surface area contributed by atoms with Gasteiger partial charge in [-0.25, -0.2) is 17.5 Å². The zero-order valence-corrected chi connectivity index (χ0v) is 12.7. The van der Waals surface area contributed by atoms with Crippen molar-refractivity contribution in [3.8, 4) is 0 Å². The van der Waals surface area contributed by atoms with E-state index in [1.807, 2.05) is 6.92 Å². The number of carbonyl (C=O) groups is 1. The van der Waals surface area contributed by atoms with Crippen molar-refractivity contribution in [2.45, 2.75) is 37.5 Å². The Bertz CT molecular complexity index is 557. The fourth-order valence-corrected chi connectivity index (χ4v) is 3.02. The molecule has 0 aromatic heterocycles. The summed E-state index contributed by atoms with van der Waals surface area (Å²) < 4.78 is 39.1. The molecule has 0 fully saturated rings. The van der Waals surface area contributed by atoms with Gasteiger partial charge in [-0.1, -0.05) is 13.3 Å². The summed E-state index contributed by atoms with van der Waals surface area (Å²) in [4.78, 5) is 10.5. The SMILES string of the molecule is CCC(CCNS(=O)(=O)c1ccc(F)cc1)CCC(=O)O. The molecule has 0 amide bonds. The maximum atomic E-state index is 12.8. The average Bonchev–Trinajstić information content (AvgIpc) is 2.42. The molecule has 0 heterocycles. The molecule has 0 radical (unpaired) electrons. The lowest BCUT2D eigenvalue weighted by Gasteiger charge is -2.14. The number of aliphatic carboxylic acids is 1. The van der Waals surface area contributed by atoms with Crippen LogP contribution in [0, 0.1) is 11.7 Å². The van der Waals surface area contributed by atoms with E-state index in [1.165, 1.54) is 12.1 Å². The second kappa shape index (κ2) is 8.09. The second-order valence-corrected chi connectivity index (χ2v) is 6.61. The number of hydrogen-bond acceptors (Lipinski definition) is 3. The predicted octanol–water partition coefficient (Wildman–Crippen LogP) is 2.39. The van der Waals surface area contributed by atoms with Gasteiger partial charge in [-0.2, -0.15) is 0 Å². The standard InChI is InChI=1S/C14H20FNO4S/c1-2-11(3-8-14(17)18)9-10-16-21(19,20)13-6-4-12(15)5-7-13/h4-7,11,16H,2-3,8-10H2,1H3,(H,17,18). The van der Waals surface area contributed by atoms with Crippen molar-refractivity contribution in [3.63, 3.8) is 0 Å². The third-order valence-electron chi connectivity index (χ3n) is 3.31. The highest BCUT2D eigenvalue weighted by atomic mass is 32.2. The lowest BCUT2D eigenvalue weighted by atomic mass is 9.97. The molecule has 0 aliphatic carbocycles.